The van der Waals surface area contributed by atoms with Crippen LogP contribution in [0.4, 0.5) is 0 Å². The molecule has 8 heteroatoms. The van der Waals surface area contributed by atoms with E-state index in [-0.39, 0.29) is 12.5 Å². The number of rotatable bonds is 5. The molecule has 0 spiro atoms. The predicted molar refractivity (Wildman–Crippen MR) is 94.3 cm³/mol. The first kappa shape index (κ1) is 15.8. The fourth-order valence-corrected chi connectivity index (χ4v) is 2.59. The van der Waals surface area contributed by atoms with Crippen molar-refractivity contribution in [3.8, 4) is 11.6 Å². The van der Waals surface area contributed by atoms with E-state index < -0.39 is 0 Å². The van der Waals surface area contributed by atoms with Gasteiger partial charge in [0, 0.05) is 29.7 Å². The van der Waals surface area contributed by atoms with Crippen molar-refractivity contribution in [3.05, 3.63) is 72.3 Å². The molecule has 1 amide bonds. The number of nitrogens with zero attached hydrogens (tertiary/aromatic N) is 5. The van der Waals surface area contributed by atoms with E-state index in [4.69, 9.17) is 4.74 Å². The van der Waals surface area contributed by atoms with Crippen molar-refractivity contribution in [2.24, 2.45) is 0 Å². The molecule has 0 unspecified atom stereocenters. The van der Waals surface area contributed by atoms with Crippen LogP contribution in [-0.2, 0) is 6.54 Å². The van der Waals surface area contributed by atoms with Gasteiger partial charge in [0.25, 0.3) is 5.91 Å². The Morgan fingerprint density at radius 3 is 2.58 bits per heavy atom. The predicted octanol–water partition coefficient (Wildman–Crippen LogP) is 1.85. The highest BCUT2D eigenvalue weighted by atomic mass is 16.5. The number of fused-ring (bicyclic) bond motifs is 1. The zero-order valence-corrected chi connectivity index (χ0v) is 14.0. The van der Waals surface area contributed by atoms with Gasteiger partial charge in [-0.25, -0.2) is 0 Å². The first-order valence-corrected chi connectivity index (χ1v) is 8.01. The minimum atomic E-state index is -0.191. The summed E-state index contributed by atoms with van der Waals surface area (Å²) in [7, 11) is 1.54. The number of carbonyl (C=O) groups excluding carboxylic acids is 1. The summed E-state index contributed by atoms with van der Waals surface area (Å²) in [4.78, 5) is 12.4. The van der Waals surface area contributed by atoms with Crippen LogP contribution >= 0.6 is 0 Å². The van der Waals surface area contributed by atoms with Gasteiger partial charge in [-0.1, -0.05) is 0 Å². The zero-order chi connectivity index (χ0) is 17.9. The van der Waals surface area contributed by atoms with Crippen molar-refractivity contribution >= 4 is 11.6 Å². The first-order chi connectivity index (χ1) is 12.7. The Balaban J connectivity index is 1.47. The van der Waals surface area contributed by atoms with Crippen LogP contribution in [0.5, 0.6) is 5.88 Å². The van der Waals surface area contributed by atoms with Crippen LogP contribution in [0.1, 0.15) is 16.2 Å². The van der Waals surface area contributed by atoms with E-state index >= 15 is 0 Å². The van der Waals surface area contributed by atoms with E-state index in [1.807, 2.05) is 41.2 Å². The highest BCUT2D eigenvalue weighted by Crippen LogP contribution is 2.11. The molecule has 0 aliphatic heterocycles. The maximum Gasteiger partial charge on any atom is 0.251 e. The number of carbonyl (C=O) groups is 1. The molecule has 0 aliphatic rings. The second-order valence-corrected chi connectivity index (χ2v) is 5.58. The molecule has 0 atom stereocenters. The van der Waals surface area contributed by atoms with Gasteiger partial charge in [-0.3, -0.25) is 4.79 Å². The minimum Gasteiger partial charge on any atom is -0.480 e. The molecule has 0 radical (unpaired) electrons. The summed E-state index contributed by atoms with van der Waals surface area (Å²) >= 11 is 0. The summed E-state index contributed by atoms with van der Waals surface area (Å²) in [5, 5.41) is 15.2. The number of methoxy groups -OCH3 is 1. The van der Waals surface area contributed by atoms with Crippen LogP contribution in [0.25, 0.3) is 11.3 Å². The number of aromatic nitrogens is 5. The maximum absolute atomic E-state index is 12.4. The molecule has 0 bridgehead atoms. The molecule has 0 aliphatic carbocycles. The first-order valence-electron chi connectivity index (χ1n) is 8.01. The summed E-state index contributed by atoms with van der Waals surface area (Å²) in [6.45, 7) is 0.208. The van der Waals surface area contributed by atoms with Crippen molar-refractivity contribution in [1.82, 2.24) is 29.7 Å². The highest BCUT2D eigenvalue weighted by Gasteiger charge is 2.11. The second kappa shape index (κ2) is 6.67. The Hall–Kier alpha value is -3.68. The van der Waals surface area contributed by atoms with Gasteiger partial charge in [-0.15, -0.1) is 15.3 Å². The molecule has 0 saturated heterocycles. The lowest BCUT2D eigenvalue weighted by molar-refractivity contribution is 0.0949. The topological polar surface area (TPSA) is 86.3 Å². The second-order valence-electron chi connectivity index (χ2n) is 5.58. The van der Waals surface area contributed by atoms with Crippen molar-refractivity contribution in [1.29, 1.82) is 0 Å². The van der Waals surface area contributed by atoms with E-state index in [0.29, 0.717) is 22.9 Å². The third-order valence-electron chi connectivity index (χ3n) is 3.95. The summed E-state index contributed by atoms with van der Waals surface area (Å²) in [5.74, 6) is 0.783. The van der Waals surface area contributed by atoms with E-state index in [2.05, 4.69) is 20.6 Å². The number of nitrogens with one attached hydrogen (secondary N) is 1. The number of hydrogen-bond acceptors (Lipinski definition) is 5. The maximum atomic E-state index is 12.4. The minimum absolute atomic E-state index is 0.191. The van der Waals surface area contributed by atoms with E-state index in [1.165, 1.54) is 7.11 Å². The van der Waals surface area contributed by atoms with Crippen molar-refractivity contribution in [2.75, 3.05) is 7.11 Å². The average Bonchev–Trinajstić information content (AvgIpc) is 3.36. The van der Waals surface area contributed by atoms with Gasteiger partial charge < -0.3 is 14.6 Å². The summed E-state index contributed by atoms with van der Waals surface area (Å²) < 4.78 is 8.63. The lowest BCUT2D eigenvalue weighted by Crippen LogP contribution is -2.24. The molecule has 3 aromatic heterocycles. The Morgan fingerprint density at radius 1 is 1.08 bits per heavy atom. The van der Waals surface area contributed by atoms with E-state index in [1.54, 1.807) is 28.8 Å². The van der Waals surface area contributed by atoms with Crippen LogP contribution in [0, 0.1) is 0 Å². The van der Waals surface area contributed by atoms with Crippen LogP contribution < -0.4 is 10.1 Å². The zero-order valence-electron chi connectivity index (χ0n) is 14.0. The molecule has 1 N–H and O–H groups in total. The molecular formula is C18H16N6O2. The lowest BCUT2D eigenvalue weighted by Gasteiger charge is -2.06. The Morgan fingerprint density at radius 2 is 1.85 bits per heavy atom. The number of amides is 1. The number of benzene rings is 1. The van der Waals surface area contributed by atoms with Gasteiger partial charge in [0.2, 0.25) is 5.88 Å². The molecule has 130 valence electrons. The van der Waals surface area contributed by atoms with Crippen LogP contribution in [-0.4, -0.2) is 37.4 Å². The number of ether oxygens (including phenoxy) is 1. The van der Waals surface area contributed by atoms with Crippen molar-refractivity contribution < 1.29 is 9.53 Å². The van der Waals surface area contributed by atoms with E-state index in [9.17, 15) is 4.79 Å². The normalized spacial score (nSPS) is 10.8. The molecule has 4 aromatic rings. The average molecular weight is 348 g/mol. The molecule has 3 heterocycles. The third-order valence-corrected chi connectivity index (χ3v) is 3.95. The standard InChI is InChI=1S/C18H16N6O2/c1-26-17-9-8-15-20-21-16(24(15)22-17)12-19-18(25)13-4-6-14(7-5-13)23-10-2-3-11-23/h2-11H,12H2,1H3,(H,19,25). The molecule has 8 nitrogen and oxygen atoms in total. The SMILES string of the molecule is COc1ccc2nnc(CNC(=O)c3ccc(-n4cccc4)cc3)n2n1. The Labute approximate surface area is 149 Å². The molecule has 1 aromatic carbocycles. The van der Waals surface area contributed by atoms with Gasteiger partial charge >= 0.3 is 0 Å². The van der Waals surface area contributed by atoms with Gasteiger partial charge in [-0.2, -0.15) is 4.52 Å². The monoisotopic (exact) mass is 348 g/mol. The largest absolute Gasteiger partial charge is 0.480 e. The lowest BCUT2D eigenvalue weighted by atomic mass is 10.2. The fraction of sp³-hybridized carbons (Fsp3) is 0.111. The van der Waals surface area contributed by atoms with Gasteiger partial charge in [0.1, 0.15) is 0 Å². The van der Waals surface area contributed by atoms with Gasteiger partial charge in [0.05, 0.1) is 13.7 Å². The van der Waals surface area contributed by atoms with Crippen LogP contribution in [0.2, 0.25) is 0 Å². The highest BCUT2D eigenvalue weighted by molar-refractivity contribution is 5.94. The van der Waals surface area contributed by atoms with Gasteiger partial charge in [-0.05, 0) is 42.5 Å². The van der Waals surface area contributed by atoms with Crippen LogP contribution in [0.3, 0.4) is 0 Å². The van der Waals surface area contributed by atoms with Gasteiger partial charge in [0.15, 0.2) is 11.5 Å². The Bertz CT molecular complexity index is 1040. The summed E-state index contributed by atoms with van der Waals surface area (Å²) in [6.07, 6.45) is 3.90. The third kappa shape index (κ3) is 3.00. The quantitative estimate of drug-likeness (QED) is 0.595. The van der Waals surface area contributed by atoms with Crippen molar-refractivity contribution in [3.63, 3.8) is 0 Å². The molecule has 0 fully saturated rings. The van der Waals surface area contributed by atoms with Crippen molar-refractivity contribution in [2.45, 2.75) is 6.54 Å². The van der Waals surface area contributed by atoms with Crippen LogP contribution in [0.15, 0.2) is 60.9 Å². The molecule has 0 saturated carbocycles. The smallest absolute Gasteiger partial charge is 0.251 e. The molecule has 4 rings (SSSR count). The summed E-state index contributed by atoms with van der Waals surface area (Å²) in [6, 6.07) is 14.7. The number of hydrogen-bond donors (Lipinski definition) is 1. The fourth-order valence-electron chi connectivity index (χ4n) is 2.59. The summed E-state index contributed by atoms with van der Waals surface area (Å²) in [5.41, 5.74) is 2.15. The van der Waals surface area contributed by atoms with E-state index in [0.717, 1.165) is 5.69 Å². The molecular weight excluding hydrogens is 332 g/mol. The molecule has 26 heavy (non-hydrogen) atoms. The Kier molecular flexibility index (Phi) is 4.06.